The van der Waals surface area contributed by atoms with Crippen molar-refractivity contribution in [1.29, 1.82) is 0 Å². The van der Waals surface area contributed by atoms with Crippen LogP contribution in [-0.4, -0.2) is 120 Å². The van der Waals surface area contributed by atoms with Gasteiger partial charge in [-0.05, 0) is 95.2 Å². The SMILES string of the molecule is CC1COCCN1c1nc(-c2ccc(NC(=O)Nc3ccc(N4CCC(N(C)C)CC4)cc3)cc2)nc(N2[C@H](CO)CC[C@@H]2CO)n1. The van der Waals surface area contributed by atoms with Gasteiger partial charge in [0.05, 0.1) is 44.6 Å². The fraction of sp³-hybridized carbons (Fsp3) is 0.529. The fourth-order valence-electron chi connectivity index (χ4n) is 6.79. The third-order valence-corrected chi connectivity index (χ3v) is 9.59. The van der Waals surface area contributed by atoms with E-state index in [0.29, 0.717) is 49.2 Å². The Hall–Kier alpha value is -4.04. The van der Waals surface area contributed by atoms with Crippen molar-refractivity contribution in [2.24, 2.45) is 0 Å². The number of aliphatic hydroxyl groups excluding tert-OH is 2. The number of aliphatic hydroxyl groups is 2. The maximum Gasteiger partial charge on any atom is 0.323 e. The standard InChI is InChI=1S/C34H47N9O4/c1-23-22-47-19-18-42(23)32-37-31(38-33(39-32)43-29(20-44)12-13-30(43)21-45)24-4-6-25(7-5-24)35-34(46)36-26-8-10-28(11-9-26)41-16-14-27(15-17-41)40(2)3/h4-11,23,27,29-30,44-45H,12-22H2,1-3H3,(H2,35,36,46)/t23?,29-,30+. The smallest absolute Gasteiger partial charge is 0.323 e. The predicted molar refractivity (Wildman–Crippen MR) is 184 cm³/mol. The maximum absolute atomic E-state index is 12.9. The van der Waals surface area contributed by atoms with E-state index in [4.69, 9.17) is 19.7 Å². The molecule has 0 spiro atoms. The first-order valence-corrected chi connectivity index (χ1v) is 16.6. The van der Waals surface area contributed by atoms with Gasteiger partial charge >= 0.3 is 6.03 Å². The largest absolute Gasteiger partial charge is 0.394 e. The van der Waals surface area contributed by atoms with Crippen LogP contribution >= 0.6 is 0 Å². The minimum absolute atomic E-state index is 0.0523. The zero-order chi connectivity index (χ0) is 32.9. The molecule has 252 valence electrons. The molecule has 3 saturated heterocycles. The van der Waals surface area contributed by atoms with Crippen LogP contribution in [-0.2, 0) is 4.74 Å². The molecule has 1 unspecified atom stereocenters. The summed E-state index contributed by atoms with van der Waals surface area (Å²) < 4.78 is 5.64. The molecule has 3 fully saturated rings. The second-order valence-electron chi connectivity index (χ2n) is 12.9. The van der Waals surface area contributed by atoms with Crippen LogP contribution in [0.25, 0.3) is 11.4 Å². The van der Waals surface area contributed by atoms with Crippen molar-refractivity contribution >= 4 is 35.0 Å². The van der Waals surface area contributed by atoms with E-state index in [1.165, 1.54) is 5.69 Å². The maximum atomic E-state index is 12.9. The summed E-state index contributed by atoms with van der Waals surface area (Å²) in [7, 11) is 4.29. The van der Waals surface area contributed by atoms with Crippen molar-refractivity contribution in [3.05, 3.63) is 48.5 Å². The number of hydrogen-bond acceptors (Lipinski definition) is 11. The first-order chi connectivity index (χ1) is 22.8. The summed E-state index contributed by atoms with van der Waals surface area (Å²) in [5.41, 5.74) is 3.27. The lowest BCUT2D eigenvalue weighted by Crippen LogP contribution is -2.45. The summed E-state index contributed by atoms with van der Waals surface area (Å²) in [6, 6.07) is 15.4. The molecule has 4 N–H and O–H groups in total. The highest BCUT2D eigenvalue weighted by molar-refractivity contribution is 5.99. The van der Waals surface area contributed by atoms with Crippen LogP contribution in [0.15, 0.2) is 48.5 Å². The van der Waals surface area contributed by atoms with Crippen molar-refractivity contribution < 1.29 is 19.7 Å². The Kier molecular flexibility index (Phi) is 10.4. The number of amides is 2. The van der Waals surface area contributed by atoms with Gasteiger partial charge in [0.1, 0.15) is 0 Å². The van der Waals surface area contributed by atoms with E-state index in [1.54, 1.807) is 0 Å². The van der Waals surface area contributed by atoms with E-state index in [1.807, 2.05) is 41.3 Å². The Labute approximate surface area is 276 Å². The molecule has 1 aromatic heterocycles. The van der Waals surface area contributed by atoms with Crippen molar-refractivity contribution in [2.75, 3.05) is 85.5 Å². The number of nitrogens with one attached hydrogen (secondary N) is 2. The number of anilines is 5. The van der Waals surface area contributed by atoms with Crippen LogP contribution in [0.3, 0.4) is 0 Å². The molecule has 47 heavy (non-hydrogen) atoms. The minimum atomic E-state index is -0.331. The molecule has 3 aliphatic rings. The number of benzene rings is 2. The highest BCUT2D eigenvalue weighted by Gasteiger charge is 2.36. The third kappa shape index (κ3) is 7.59. The normalized spacial score (nSPS) is 22.2. The van der Waals surface area contributed by atoms with Crippen molar-refractivity contribution in [3.8, 4) is 11.4 Å². The van der Waals surface area contributed by atoms with Crippen LogP contribution in [0.5, 0.6) is 0 Å². The molecule has 3 aromatic rings. The first kappa shape index (κ1) is 32.9. The summed E-state index contributed by atoms with van der Waals surface area (Å²) in [6.07, 6.45) is 3.77. The van der Waals surface area contributed by atoms with Gasteiger partial charge in [-0.2, -0.15) is 15.0 Å². The molecule has 4 heterocycles. The number of piperidine rings is 1. The van der Waals surface area contributed by atoms with E-state index >= 15 is 0 Å². The topological polar surface area (TPSA) is 142 Å². The second kappa shape index (κ2) is 14.8. The molecule has 0 radical (unpaired) electrons. The molecule has 2 amide bonds. The number of nitrogens with zero attached hydrogens (tertiary/aromatic N) is 7. The van der Waals surface area contributed by atoms with Crippen molar-refractivity contribution in [2.45, 2.75) is 56.8 Å². The Morgan fingerprint density at radius 3 is 2.02 bits per heavy atom. The Balaban J connectivity index is 1.14. The van der Waals surface area contributed by atoms with Gasteiger partial charge in [-0.25, -0.2) is 4.79 Å². The number of aromatic nitrogens is 3. The van der Waals surface area contributed by atoms with Crippen LogP contribution in [0.4, 0.5) is 33.8 Å². The average Bonchev–Trinajstić information content (AvgIpc) is 3.52. The zero-order valence-corrected chi connectivity index (χ0v) is 27.5. The van der Waals surface area contributed by atoms with Gasteiger partial charge in [0.15, 0.2) is 5.82 Å². The number of carbonyl (C=O) groups is 1. The number of urea groups is 1. The predicted octanol–water partition coefficient (Wildman–Crippen LogP) is 3.26. The Morgan fingerprint density at radius 2 is 1.45 bits per heavy atom. The van der Waals surface area contributed by atoms with Gasteiger partial charge in [0.2, 0.25) is 11.9 Å². The molecule has 0 bridgehead atoms. The number of rotatable bonds is 9. The average molecular weight is 646 g/mol. The van der Waals surface area contributed by atoms with Gasteiger partial charge in [-0.1, -0.05) is 0 Å². The Bertz CT molecular complexity index is 1470. The minimum Gasteiger partial charge on any atom is -0.394 e. The lowest BCUT2D eigenvalue weighted by atomic mass is 10.0. The van der Waals surface area contributed by atoms with Gasteiger partial charge in [0, 0.05) is 48.3 Å². The molecule has 13 heteroatoms. The highest BCUT2D eigenvalue weighted by Crippen LogP contribution is 2.32. The number of carbonyl (C=O) groups excluding carboxylic acids is 1. The third-order valence-electron chi connectivity index (χ3n) is 9.59. The molecule has 6 rings (SSSR count). The van der Waals surface area contributed by atoms with Crippen LogP contribution in [0, 0.1) is 0 Å². The van der Waals surface area contributed by atoms with Gasteiger partial charge in [0.25, 0.3) is 0 Å². The molecule has 0 saturated carbocycles. The van der Waals surface area contributed by atoms with E-state index in [9.17, 15) is 15.0 Å². The monoisotopic (exact) mass is 645 g/mol. The van der Waals surface area contributed by atoms with E-state index < -0.39 is 0 Å². The molecule has 3 atom stereocenters. The van der Waals surface area contributed by atoms with Crippen LogP contribution in [0.1, 0.15) is 32.6 Å². The lowest BCUT2D eigenvalue weighted by molar-refractivity contribution is 0.0981. The van der Waals surface area contributed by atoms with Gasteiger partial charge in [-0.15, -0.1) is 0 Å². The second-order valence-corrected chi connectivity index (χ2v) is 12.9. The summed E-state index contributed by atoms with van der Waals surface area (Å²) in [5.74, 6) is 1.45. The number of morpholine rings is 1. The molecule has 13 nitrogen and oxygen atoms in total. The summed E-state index contributed by atoms with van der Waals surface area (Å²) in [5, 5.41) is 26.0. The first-order valence-electron chi connectivity index (χ1n) is 16.6. The number of ether oxygens (including phenoxy) is 1. The summed E-state index contributed by atoms with van der Waals surface area (Å²) in [4.78, 5) is 36.1. The van der Waals surface area contributed by atoms with E-state index in [2.05, 4.69) is 58.5 Å². The van der Waals surface area contributed by atoms with Crippen LogP contribution in [0.2, 0.25) is 0 Å². The quantitative estimate of drug-likeness (QED) is 0.272. The van der Waals surface area contributed by atoms with E-state index in [0.717, 1.165) is 50.0 Å². The summed E-state index contributed by atoms with van der Waals surface area (Å²) in [6.45, 7) is 5.80. The molecular formula is C34H47N9O4. The molecule has 3 aliphatic heterocycles. The summed E-state index contributed by atoms with van der Waals surface area (Å²) >= 11 is 0. The van der Waals surface area contributed by atoms with Gasteiger partial charge in [-0.3, -0.25) is 0 Å². The molecule has 2 aromatic carbocycles. The zero-order valence-electron chi connectivity index (χ0n) is 27.5. The lowest BCUT2D eigenvalue weighted by Gasteiger charge is -2.36. The fourth-order valence-corrected chi connectivity index (χ4v) is 6.79. The van der Waals surface area contributed by atoms with E-state index in [-0.39, 0.29) is 37.4 Å². The molecular weight excluding hydrogens is 598 g/mol. The van der Waals surface area contributed by atoms with Crippen molar-refractivity contribution in [1.82, 2.24) is 19.9 Å². The highest BCUT2D eigenvalue weighted by atomic mass is 16.5. The Morgan fingerprint density at radius 1 is 0.851 bits per heavy atom. The van der Waals surface area contributed by atoms with Gasteiger partial charge < -0.3 is 45.2 Å². The van der Waals surface area contributed by atoms with Crippen molar-refractivity contribution in [3.63, 3.8) is 0 Å². The number of hydrogen-bond donors (Lipinski definition) is 4. The molecule has 0 aliphatic carbocycles. The van der Waals surface area contributed by atoms with Crippen LogP contribution < -0.4 is 25.3 Å².